The number of allylic oxidation sites excluding steroid dienone is 10. The minimum absolute atomic E-state index is 0.0897. The van der Waals surface area contributed by atoms with Crippen molar-refractivity contribution in [2.75, 3.05) is 33.0 Å². The average molecular weight is 668 g/mol. The van der Waals surface area contributed by atoms with Crippen molar-refractivity contribution < 1.29 is 32.8 Å². The van der Waals surface area contributed by atoms with E-state index in [0.29, 0.717) is 13.0 Å². The van der Waals surface area contributed by atoms with E-state index in [1.54, 1.807) is 0 Å². The van der Waals surface area contributed by atoms with E-state index in [2.05, 4.69) is 74.6 Å². The fourth-order valence-electron chi connectivity index (χ4n) is 4.32. The molecule has 2 unspecified atom stereocenters. The molecule has 0 aliphatic heterocycles. The van der Waals surface area contributed by atoms with Gasteiger partial charge < -0.3 is 20.1 Å². The average Bonchev–Trinajstić information content (AvgIpc) is 3.04. The molecular formula is C37H66NO7P. The molecule has 0 aromatic heterocycles. The number of rotatable bonds is 33. The van der Waals surface area contributed by atoms with E-state index in [9.17, 15) is 14.3 Å². The number of ether oxygens (including phenoxy) is 2. The molecule has 0 rings (SSSR count). The van der Waals surface area contributed by atoms with Crippen molar-refractivity contribution >= 4 is 13.8 Å². The van der Waals surface area contributed by atoms with Crippen LogP contribution in [0.2, 0.25) is 0 Å². The molecule has 0 aromatic carbocycles. The molecule has 0 radical (unpaired) electrons. The zero-order valence-electron chi connectivity index (χ0n) is 29.0. The smallest absolute Gasteiger partial charge is 0.457 e. The van der Waals surface area contributed by atoms with E-state index in [1.165, 1.54) is 44.9 Å². The standard InChI is InChI=1S/C37H66NO7P/c1-3-5-7-9-11-13-15-17-18-19-20-22-24-26-28-30-37(39)45-36(35-44-46(40,41)43-33-31-38)34-42-32-29-27-25-23-21-16-14-12-10-8-6-4-2/h5,7,10-13,17-18,20,22,36H,3-4,6,8-9,14-16,19,21,23-35,38H2,1-2H3,(H,40,41)/b7-5-,12-10-,13-11-,18-17-,22-20-. The number of carbonyl (C=O) groups is 1. The Labute approximate surface area is 281 Å². The lowest BCUT2D eigenvalue weighted by molar-refractivity contribution is -0.154. The molecule has 0 saturated carbocycles. The lowest BCUT2D eigenvalue weighted by atomic mass is 10.1. The highest BCUT2D eigenvalue weighted by Gasteiger charge is 2.25. The number of phosphoric ester groups is 1. The highest BCUT2D eigenvalue weighted by atomic mass is 31.2. The van der Waals surface area contributed by atoms with Crippen LogP contribution in [-0.4, -0.2) is 49.9 Å². The van der Waals surface area contributed by atoms with Gasteiger partial charge in [-0.15, -0.1) is 0 Å². The number of phosphoric acid groups is 1. The van der Waals surface area contributed by atoms with E-state index >= 15 is 0 Å². The lowest BCUT2D eigenvalue weighted by Gasteiger charge is -2.20. The van der Waals surface area contributed by atoms with Crippen LogP contribution >= 0.6 is 7.82 Å². The van der Waals surface area contributed by atoms with Crippen LogP contribution in [0.4, 0.5) is 0 Å². The first-order valence-corrected chi connectivity index (χ1v) is 19.3. The molecule has 266 valence electrons. The summed E-state index contributed by atoms with van der Waals surface area (Å²) in [5.41, 5.74) is 5.34. The van der Waals surface area contributed by atoms with Gasteiger partial charge in [-0.1, -0.05) is 113 Å². The van der Waals surface area contributed by atoms with Gasteiger partial charge in [0.1, 0.15) is 6.10 Å². The number of esters is 1. The molecule has 0 aromatic rings. The fraction of sp³-hybridized carbons (Fsp3) is 0.703. The highest BCUT2D eigenvalue weighted by molar-refractivity contribution is 7.47. The Kier molecular flexibility index (Phi) is 33.2. The molecule has 46 heavy (non-hydrogen) atoms. The fourth-order valence-corrected chi connectivity index (χ4v) is 5.08. The Hall–Kier alpha value is -1.80. The summed E-state index contributed by atoms with van der Waals surface area (Å²) in [6.45, 7) is 4.67. The summed E-state index contributed by atoms with van der Waals surface area (Å²) in [6.07, 6.45) is 39.5. The summed E-state index contributed by atoms with van der Waals surface area (Å²) in [7, 11) is -4.28. The predicted molar refractivity (Wildman–Crippen MR) is 192 cm³/mol. The van der Waals surface area contributed by atoms with E-state index in [1.807, 2.05) is 0 Å². The quantitative estimate of drug-likeness (QED) is 0.0307. The topological polar surface area (TPSA) is 117 Å². The van der Waals surface area contributed by atoms with Gasteiger partial charge in [-0.05, 0) is 70.6 Å². The third kappa shape index (κ3) is 33.6. The Morgan fingerprint density at radius 2 is 1.22 bits per heavy atom. The van der Waals surface area contributed by atoms with Crippen LogP contribution in [0.15, 0.2) is 60.8 Å². The van der Waals surface area contributed by atoms with Crippen molar-refractivity contribution in [2.24, 2.45) is 5.73 Å². The zero-order valence-corrected chi connectivity index (χ0v) is 29.9. The first-order chi connectivity index (χ1) is 22.4. The maximum atomic E-state index is 12.5. The molecule has 0 saturated heterocycles. The van der Waals surface area contributed by atoms with Gasteiger partial charge in [-0.3, -0.25) is 13.8 Å². The Bertz CT molecular complexity index is 885. The van der Waals surface area contributed by atoms with E-state index in [4.69, 9.17) is 24.3 Å². The Morgan fingerprint density at radius 1 is 0.674 bits per heavy atom. The second kappa shape index (κ2) is 34.5. The second-order valence-corrected chi connectivity index (χ2v) is 12.8. The van der Waals surface area contributed by atoms with Crippen LogP contribution in [-0.2, 0) is 27.9 Å². The summed E-state index contributed by atoms with van der Waals surface area (Å²) >= 11 is 0. The van der Waals surface area contributed by atoms with Crippen LogP contribution in [0.3, 0.4) is 0 Å². The lowest BCUT2D eigenvalue weighted by Crippen LogP contribution is -2.28. The van der Waals surface area contributed by atoms with Gasteiger partial charge in [0.05, 0.1) is 19.8 Å². The number of unbranched alkanes of at least 4 members (excludes halogenated alkanes) is 10. The Balaban J connectivity index is 4.23. The minimum Gasteiger partial charge on any atom is -0.457 e. The molecule has 3 N–H and O–H groups in total. The van der Waals surface area contributed by atoms with Gasteiger partial charge in [-0.25, -0.2) is 4.57 Å². The normalized spacial score (nSPS) is 14.4. The molecule has 9 heteroatoms. The van der Waals surface area contributed by atoms with Crippen molar-refractivity contribution in [3.63, 3.8) is 0 Å². The number of nitrogens with two attached hydrogens (primary N) is 1. The first kappa shape index (κ1) is 44.2. The van der Waals surface area contributed by atoms with E-state index < -0.39 is 13.9 Å². The highest BCUT2D eigenvalue weighted by Crippen LogP contribution is 2.43. The summed E-state index contributed by atoms with van der Waals surface area (Å²) in [5, 5.41) is 0. The number of hydrogen-bond donors (Lipinski definition) is 2. The van der Waals surface area contributed by atoms with Crippen LogP contribution in [0.25, 0.3) is 0 Å². The van der Waals surface area contributed by atoms with Crippen molar-refractivity contribution in [1.29, 1.82) is 0 Å². The third-order valence-electron chi connectivity index (χ3n) is 6.92. The predicted octanol–water partition coefficient (Wildman–Crippen LogP) is 9.85. The molecule has 0 heterocycles. The summed E-state index contributed by atoms with van der Waals surface area (Å²) in [6, 6.07) is 0. The van der Waals surface area contributed by atoms with Crippen molar-refractivity contribution in [3.8, 4) is 0 Å². The maximum absolute atomic E-state index is 12.5. The molecule has 0 amide bonds. The summed E-state index contributed by atoms with van der Waals surface area (Å²) in [4.78, 5) is 22.3. The molecule has 2 atom stereocenters. The molecular weight excluding hydrogens is 601 g/mol. The SMILES string of the molecule is CC/C=C\C/C=C\C/C=C\C/C=C\CCCCC(=O)OC(COCCCCCCCC/C=C\CCCC)COP(=O)(O)OCCN. The van der Waals surface area contributed by atoms with Gasteiger partial charge >= 0.3 is 13.8 Å². The summed E-state index contributed by atoms with van der Waals surface area (Å²) < 4.78 is 33.2. The van der Waals surface area contributed by atoms with Gasteiger partial charge in [0, 0.05) is 19.6 Å². The minimum atomic E-state index is -4.28. The third-order valence-corrected chi connectivity index (χ3v) is 7.90. The van der Waals surface area contributed by atoms with Gasteiger partial charge in [0.25, 0.3) is 0 Å². The number of carbonyl (C=O) groups excluding carboxylic acids is 1. The second-order valence-electron chi connectivity index (χ2n) is 11.3. The monoisotopic (exact) mass is 667 g/mol. The van der Waals surface area contributed by atoms with Crippen LogP contribution in [0.1, 0.15) is 129 Å². The van der Waals surface area contributed by atoms with Crippen molar-refractivity contribution in [3.05, 3.63) is 60.8 Å². The summed E-state index contributed by atoms with van der Waals surface area (Å²) in [5.74, 6) is -0.377. The maximum Gasteiger partial charge on any atom is 0.472 e. The first-order valence-electron chi connectivity index (χ1n) is 17.8. The van der Waals surface area contributed by atoms with Gasteiger partial charge in [0.2, 0.25) is 0 Å². The Morgan fingerprint density at radius 3 is 1.85 bits per heavy atom. The van der Waals surface area contributed by atoms with Crippen LogP contribution in [0, 0.1) is 0 Å². The molecule has 0 fully saturated rings. The van der Waals surface area contributed by atoms with Crippen molar-refractivity contribution in [1.82, 2.24) is 0 Å². The van der Waals surface area contributed by atoms with E-state index in [-0.39, 0.29) is 38.8 Å². The molecule has 0 bridgehead atoms. The van der Waals surface area contributed by atoms with Gasteiger partial charge in [-0.2, -0.15) is 0 Å². The van der Waals surface area contributed by atoms with Crippen LogP contribution in [0.5, 0.6) is 0 Å². The molecule has 0 aliphatic carbocycles. The zero-order chi connectivity index (χ0) is 33.8. The van der Waals surface area contributed by atoms with E-state index in [0.717, 1.165) is 57.8 Å². The molecule has 0 spiro atoms. The van der Waals surface area contributed by atoms with Crippen LogP contribution < -0.4 is 5.73 Å². The van der Waals surface area contributed by atoms with Gasteiger partial charge in [0.15, 0.2) is 0 Å². The molecule has 0 aliphatic rings. The largest absolute Gasteiger partial charge is 0.472 e. The van der Waals surface area contributed by atoms with Crippen molar-refractivity contribution in [2.45, 2.75) is 136 Å². The number of hydrogen-bond acceptors (Lipinski definition) is 7. The molecule has 8 nitrogen and oxygen atoms in total.